The highest BCUT2D eigenvalue weighted by atomic mass is 35.5. The summed E-state index contributed by atoms with van der Waals surface area (Å²) in [5.74, 6) is 3.10. The van der Waals surface area contributed by atoms with Gasteiger partial charge >= 0.3 is 0 Å². The van der Waals surface area contributed by atoms with Crippen LogP contribution in [0, 0.1) is 5.92 Å². The average Bonchev–Trinajstić information content (AvgIpc) is 2.77. The fourth-order valence-electron chi connectivity index (χ4n) is 2.00. The highest BCUT2D eigenvalue weighted by Crippen LogP contribution is 2.28. The molecule has 4 heteroatoms. The third-order valence-electron chi connectivity index (χ3n) is 3.03. The van der Waals surface area contributed by atoms with E-state index in [1.54, 1.807) is 0 Å². The minimum atomic E-state index is 0.243. The lowest BCUT2D eigenvalue weighted by molar-refractivity contribution is 0.463. The van der Waals surface area contributed by atoms with Crippen LogP contribution >= 0.6 is 35.0 Å². The maximum Gasteiger partial charge on any atom is 0.0595 e. The van der Waals surface area contributed by atoms with Crippen molar-refractivity contribution < 1.29 is 0 Å². The predicted molar refractivity (Wildman–Crippen MR) is 73.6 cm³/mol. The first-order valence-electron chi connectivity index (χ1n) is 5.44. The zero-order chi connectivity index (χ0) is 11.5. The van der Waals surface area contributed by atoms with E-state index in [4.69, 9.17) is 28.9 Å². The van der Waals surface area contributed by atoms with Gasteiger partial charge in [-0.1, -0.05) is 29.3 Å². The molecule has 0 aromatic heterocycles. The Morgan fingerprint density at radius 3 is 2.81 bits per heavy atom. The summed E-state index contributed by atoms with van der Waals surface area (Å²) in [7, 11) is 0. The second kappa shape index (κ2) is 5.63. The molecule has 0 aliphatic carbocycles. The Bertz CT molecular complexity index is 364. The fraction of sp³-hybridized carbons (Fsp3) is 0.500. The first-order chi connectivity index (χ1) is 7.66. The molecule has 1 aliphatic heterocycles. The molecule has 2 unspecified atom stereocenters. The first kappa shape index (κ1) is 12.6. The Kier molecular flexibility index (Phi) is 4.42. The summed E-state index contributed by atoms with van der Waals surface area (Å²) in [5, 5.41) is 1.22. The van der Waals surface area contributed by atoms with Gasteiger partial charge in [-0.15, -0.1) is 0 Å². The van der Waals surface area contributed by atoms with Crippen molar-refractivity contribution in [2.75, 3.05) is 11.5 Å². The summed E-state index contributed by atoms with van der Waals surface area (Å²) in [5.41, 5.74) is 7.39. The van der Waals surface area contributed by atoms with Crippen LogP contribution < -0.4 is 5.73 Å². The van der Waals surface area contributed by atoms with Crippen LogP contribution in [0.15, 0.2) is 18.2 Å². The van der Waals surface area contributed by atoms with Gasteiger partial charge in [0.05, 0.1) is 10.0 Å². The lowest BCUT2D eigenvalue weighted by Crippen LogP contribution is -2.32. The Morgan fingerprint density at radius 2 is 2.19 bits per heavy atom. The van der Waals surface area contributed by atoms with E-state index < -0.39 is 0 Å². The molecule has 2 N–H and O–H groups in total. The summed E-state index contributed by atoms with van der Waals surface area (Å²) < 4.78 is 0. The largest absolute Gasteiger partial charge is 0.327 e. The van der Waals surface area contributed by atoms with E-state index in [1.165, 1.54) is 23.5 Å². The quantitative estimate of drug-likeness (QED) is 0.912. The molecule has 2 atom stereocenters. The Hall–Kier alpha value is 0.110. The Labute approximate surface area is 111 Å². The lowest BCUT2D eigenvalue weighted by Gasteiger charge is -2.18. The van der Waals surface area contributed by atoms with Gasteiger partial charge in [-0.2, -0.15) is 11.8 Å². The molecule has 1 nitrogen and oxygen atoms in total. The number of nitrogens with two attached hydrogens (primary N) is 1. The van der Waals surface area contributed by atoms with Gasteiger partial charge in [0.25, 0.3) is 0 Å². The summed E-state index contributed by atoms with van der Waals surface area (Å²) in [6.07, 6.45) is 2.13. The van der Waals surface area contributed by atoms with E-state index in [0.717, 1.165) is 6.42 Å². The van der Waals surface area contributed by atoms with Crippen molar-refractivity contribution in [1.29, 1.82) is 0 Å². The monoisotopic (exact) mass is 275 g/mol. The zero-order valence-corrected chi connectivity index (χ0v) is 11.3. The van der Waals surface area contributed by atoms with Gasteiger partial charge in [0.1, 0.15) is 0 Å². The van der Waals surface area contributed by atoms with Crippen molar-refractivity contribution in [3.63, 3.8) is 0 Å². The highest BCUT2D eigenvalue weighted by Gasteiger charge is 2.22. The Morgan fingerprint density at radius 1 is 1.38 bits per heavy atom. The highest BCUT2D eigenvalue weighted by molar-refractivity contribution is 7.99. The van der Waals surface area contributed by atoms with Gasteiger partial charge in [-0.25, -0.2) is 0 Å². The summed E-state index contributed by atoms with van der Waals surface area (Å²) in [6.45, 7) is 0. The molecule has 88 valence electrons. The van der Waals surface area contributed by atoms with E-state index in [9.17, 15) is 0 Å². The van der Waals surface area contributed by atoms with E-state index in [2.05, 4.69) is 0 Å². The molecule has 0 radical (unpaired) electrons. The molecule has 0 amide bonds. The standard InChI is InChI=1S/C12H15Cl2NS/c13-10-2-1-8(5-11(10)14)6-12(15)9-3-4-16-7-9/h1-2,5,9,12H,3-4,6-7,15H2. The van der Waals surface area contributed by atoms with Crippen molar-refractivity contribution in [3.8, 4) is 0 Å². The molecule has 1 aromatic rings. The molecule has 2 rings (SSSR count). The average molecular weight is 276 g/mol. The molecule has 0 spiro atoms. The molecular formula is C12H15Cl2NS. The molecule has 1 aliphatic rings. The van der Waals surface area contributed by atoms with Crippen LogP contribution in [0.4, 0.5) is 0 Å². The second-order valence-corrected chi connectivity index (χ2v) is 6.20. The first-order valence-corrected chi connectivity index (χ1v) is 7.35. The van der Waals surface area contributed by atoms with Crippen LogP contribution in [0.25, 0.3) is 0 Å². The van der Waals surface area contributed by atoms with Crippen LogP contribution in [0.3, 0.4) is 0 Å². The zero-order valence-electron chi connectivity index (χ0n) is 8.96. The predicted octanol–water partition coefficient (Wildman–Crippen LogP) is 3.62. The van der Waals surface area contributed by atoms with Crippen LogP contribution in [0.1, 0.15) is 12.0 Å². The van der Waals surface area contributed by atoms with Crippen LogP contribution in [-0.2, 0) is 6.42 Å². The molecular weight excluding hydrogens is 261 g/mol. The third kappa shape index (κ3) is 3.07. The number of halogens is 2. The number of rotatable bonds is 3. The Balaban J connectivity index is 1.99. The van der Waals surface area contributed by atoms with Gasteiger partial charge in [0.15, 0.2) is 0 Å². The normalized spacial score (nSPS) is 22.3. The van der Waals surface area contributed by atoms with Gasteiger partial charge in [0, 0.05) is 6.04 Å². The molecule has 0 bridgehead atoms. The van der Waals surface area contributed by atoms with Crippen molar-refractivity contribution >= 4 is 35.0 Å². The van der Waals surface area contributed by atoms with Crippen LogP contribution in [-0.4, -0.2) is 17.5 Å². The van der Waals surface area contributed by atoms with Gasteiger partial charge in [-0.05, 0) is 48.0 Å². The third-order valence-corrected chi connectivity index (χ3v) is 4.95. The second-order valence-electron chi connectivity index (χ2n) is 4.24. The number of hydrogen-bond acceptors (Lipinski definition) is 2. The van der Waals surface area contributed by atoms with Gasteiger partial charge in [-0.3, -0.25) is 0 Å². The molecule has 16 heavy (non-hydrogen) atoms. The van der Waals surface area contributed by atoms with Gasteiger partial charge in [0.2, 0.25) is 0 Å². The summed E-state index contributed by atoms with van der Waals surface area (Å²) in [6, 6.07) is 6.02. The van der Waals surface area contributed by atoms with Crippen molar-refractivity contribution in [1.82, 2.24) is 0 Å². The summed E-state index contributed by atoms with van der Waals surface area (Å²) in [4.78, 5) is 0. The number of benzene rings is 1. The number of thioether (sulfide) groups is 1. The molecule has 1 fully saturated rings. The van der Waals surface area contributed by atoms with Gasteiger partial charge < -0.3 is 5.73 Å². The summed E-state index contributed by atoms with van der Waals surface area (Å²) >= 11 is 13.9. The van der Waals surface area contributed by atoms with E-state index in [0.29, 0.717) is 16.0 Å². The molecule has 1 saturated heterocycles. The van der Waals surface area contributed by atoms with E-state index >= 15 is 0 Å². The van der Waals surface area contributed by atoms with Crippen molar-refractivity contribution in [2.45, 2.75) is 18.9 Å². The van der Waals surface area contributed by atoms with Crippen LogP contribution in [0.2, 0.25) is 10.0 Å². The van der Waals surface area contributed by atoms with Crippen molar-refractivity contribution in [2.24, 2.45) is 11.7 Å². The smallest absolute Gasteiger partial charge is 0.0595 e. The maximum atomic E-state index is 6.21. The van der Waals surface area contributed by atoms with E-state index in [1.807, 2.05) is 30.0 Å². The minimum absolute atomic E-state index is 0.243. The molecule has 0 saturated carbocycles. The number of hydrogen-bond donors (Lipinski definition) is 1. The fourth-order valence-corrected chi connectivity index (χ4v) is 3.67. The minimum Gasteiger partial charge on any atom is -0.327 e. The molecule has 1 aromatic carbocycles. The SMILES string of the molecule is NC(Cc1ccc(Cl)c(Cl)c1)C1CCSC1. The van der Waals surface area contributed by atoms with E-state index in [-0.39, 0.29) is 6.04 Å². The molecule has 1 heterocycles. The maximum absolute atomic E-state index is 6.21. The van der Waals surface area contributed by atoms with Crippen LogP contribution in [0.5, 0.6) is 0 Å². The topological polar surface area (TPSA) is 26.0 Å². The lowest BCUT2D eigenvalue weighted by atomic mass is 9.94. The van der Waals surface area contributed by atoms with Crippen molar-refractivity contribution in [3.05, 3.63) is 33.8 Å².